The van der Waals surface area contributed by atoms with Gasteiger partial charge in [-0.1, -0.05) is 6.92 Å². The molecule has 0 aromatic rings. The SMILES string of the molecule is CCCN1CCCC(NCCOC)CC1. The maximum absolute atomic E-state index is 5.05. The van der Waals surface area contributed by atoms with Crippen LogP contribution in [0.25, 0.3) is 0 Å². The molecule has 0 aromatic heterocycles. The summed E-state index contributed by atoms with van der Waals surface area (Å²) in [5, 5.41) is 3.57. The molecule has 1 aliphatic rings. The average Bonchev–Trinajstić information content (AvgIpc) is 2.45. The smallest absolute Gasteiger partial charge is 0.0587 e. The Balaban J connectivity index is 2.14. The number of likely N-dealkylation sites (tertiary alicyclic amines) is 1. The molecule has 90 valence electrons. The Labute approximate surface area is 94.2 Å². The van der Waals surface area contributed by atoms with Gasteiger partial charge in [-0.3, -0.25) is 0 Å². The molecule has 1 heterocycles. The van der Waals surface area contributed by atoms with Gasteiger partial charge >= 0.3 is 0 Å². The van der Waals surface area contributed by atoms with Crippen molar-refractivity contribution in [3.63, 3.8) is 0 Å². The highest BCUT2D eigenvalue weighted by Gasteiger charge is 2.15. The summed E-state index contributed by atoms with van der Waals surface area (Å²) in [7, 11) is 1.76. The summed E-state index contributed by atoms with van der Waals surface area (Å²) in [6.45, 7) is 7.91. The molecule has 1 aliphatic heterocycles. The van der Waals surface area contributed by atoms with Crippen LogP contribution in [0.1, 0.15) is 32.6 Å². The van der Waals surface area contributed by atoms with Crippen molar-refractivity contribution >= 4 is 0 Å². The van der Waals surface area contributed by atoms with E-state index < -0.39 is 0 Å². The molecule has 1 N–H and O–H groups in total. The summed E-state index contributed by atoms with van der Waals surface area (Å²) < 4.78 is 5.05. The first-order valence-corrected chi connectivity index (χ1v) is 6.31. The van der Waals surface area contributed by atoms with E-state index in [0.29, 0.717) is 6.04 Å². The highest BCUT2D eigenvalue weighted by atomic mass is 16.5. The molecule has 0 aliphatic carbocycles. The molecule has 0 bridgehead atoms. The van der Waals surface area contributed by atoms with Gasteiger partial charge in [0.05, 0.1) is 6.61 Å². The molecule has 1 fully saturated rings. The standard InChI is InChI=1S/C12H26N2O/c1-3-8-14-9-4-5-12(6-10-14)13-7-11-15-2/h12-13H,3-11H2,1-2H3. The minimum Gasteiger partial charge on any atom is -0.383 e. The van der Waals surface area contributed by atoms with Crippen LogP contribution in [0.5, 0.6) is 0 Å². The third-order valence-electron chi connectivity index (χ3n) is 3.10. The predicted octanol–water partition coefficient (Wildman–Crippen LogP) is 1.49. The van der Waals surface area contributed by atoms with Crippen LogP contribution in [0.3, 0.4) is 0 Å². The van der Waals surface area contributed by atoms with E-state index in [1.54, 1.807) is 7.11 Å². The van der Waals surface area contributed by atoms with Crippen molar-refractivity contribution in [3.8, 4) is 0 Å². The van der Waals surface area contributed by atoms with Crippen LogP contribution in [-0.4, -0.2) is 50.8 Å². The van der Waals surface area contributed by atoms with Crippen molar-refractivity contribution in [2.75, 3.05) is 39.9 Å². The molecular formula is C12H26N2O. The van der Waals surface area contributed by atoms with E-state index in [4.69, 9.17) is 4.74 Å². The van der Waals surface area contributed by atoms with Crippen molar-refractivity contribution in [2.24, 2.45) is 0 Å². The third-order valence-corrected chi connectivity index (χ3v) is 3.10. The van der Waals surface area contributed by atoms with Crippen LogP contribution in [0, 0.1) is 0 Å². The van der Waals surface area contributed by atoms with Gasteiger partial charge in [-0.15, -0.1) is 0 Å². The minimum absolute atomic E-state index is 0.710. The lowest BCUT2D eigenvalue weighted by Gasteiger charge is -2.19. The van der Waals surface area contributed by atoms with Crippen molar-refractivity contribution in [3.05, 3.63) is 0 Å². The number of hydrogen-bond donors (Lipinski definition) is 1. The molecule has 1 unspecified atom stereocenters. The van der Waals surface area contributed by atoms with Crippen LogP contribution in [0.15, 0.2) is 0 Å². The van der Waals surface area contributed by atoms with E-state index in [1.807, 2.05) is 0 Å². The quantitative estimate of drug-likeness (QED) is 0.678. The maximum Gasteiger partial charge on any atom is 0.0587 e. The van der Waals surface area contributed by atoms with Gasteiger partial charge in [-0.05, 0) is 45.3 Å². The number of ether oxygens (including phenoxy) is 1. The third kappa shape index (κ3) is 5.50. The van der Waals surface area contributed by atoms with Gasteiger partial charge in [0, 0.05) is 19.7 Å². The summed E-state index contributed by atoms with van der Waals surface area (Å²) in [5.74, 6) is 0. The molecule has 0 spiro atoms. The maximum atomic E-state index is 5.05. The fraction of sp³-hybridized carbons (Fsp3) is 1.00. The second kappa shape index (κ2) is 8.08. The summed E-state index contributed by atoms with van der Waals surface area (Å²) in [5.41, 5.74) is 0. The van der Waals surface area contributed by atoms with Gasteiger partial charge in [-0.2, -0.15) is 0 Å². The summed E-state index contributed by atoms with van der Waals surface area (Å²) in [6, 6.07) is 0.710. The topological polar surface area (TPSA) is 24.5 Å². The molecule has 0 aromatic carbocycles. The Kier molecular flexibility index (Phi) is 6.98. The lowest BCUT2D eigenvalue weighted by molar-refractivity contribution is 0.194. The number of nitrogens with one attached hydrogen (secondary N) is 1. The fourth-order valence-electron chi connectivity index (χ4n) is 2.26. The van der Waals surface area contributed by atoms with Crippen molar-refractivity contribution in [1.82, 2.24) is 10.2 Å². The van der Waals surface area contributed by atoms with Crippen LogP contribution >= 0.6 is 0 Å². The lowest BCUT2D eigenvalue weighted by Crippen LogP contribution is -2.33. The monoisotopic (exact) mass is 214 g/mol. The molecule has 1 rings (SSSR count). The highest BCUT2D eigenvalue weighted by molar-refractivity contribution is 4.74. The van der Waals surface area contributed by atoms with Gasteiger partial charge in [0.2, 0.25) is 0 Å². The molecule has 0 radical (unpaired) electrons. The van der Waals surface area contributed by atoms with Crippen molar-refractivity contribution in [1.29, 1.82) is 0 Å². The Bertz CT molecular complexity index is 153. The number of methoxy groups -OCH3 is 1. The van der Waals surface area contributed by atoms with Crippen LogP contribution < -0.4 is 5.32 Å². The number of nitrogens with zero attached hydrogens (tertiary/aromatic N) is 1. The Morgan fingerprint density at radius 2 is 2.20 bits per heavy atom. The average molecular weight is 214 g/mol. The molecule has 3 heteroatoms. The summed E-state index contributed by atoms with van der Waals surface area (Å²) >= 11 is 0. The van der Waals surface area contributed by atoms with Gasteiger partial charge in [0.15, 0.2) is 0 Å². The number of hydrogen-bond acceptors (Lipinski definition) is 3. The zero-order valence-corrected chi connectivity index (χ0v) is 10.3. The Morgan fingerprint density at radius 3 is 2.93 bits per heavy atom. The largest absolute Gasteiger partial charge is 0.383 e. The Hall–Kier alpha value is -0.120. The lowest BCUT2D eigenvalue weighted by atomic mass is 10.1. The molecule has 15 heavy (non-hydrogen) atoms. The van der Waals surface area contributed by atoms with E-state index in [1.165, 1.54) is 45.3 Å². The molecule has 1 atom stereocenters. The normalized spacial score (nSPS) is 24.0. The summed E-state index contributed by atoms with van der Waals surface area (Å²) in [4.78, 5) is 2.60. The van der Waals surface area contributed by atoms with Gasteiger partial charge < -0.3 is 15.0 Å². The molecule has 0 saturated carbocycles. The zero-order chi connectivity index (χ0) is 10.9. The van der Waals surface area contributed by atoms with Crippen LogP contribution in [-0.2, 0) is 4.74 Å². The van der Waals surface area contributed by atoms with E-state index in [0.717, 1.165) is 13.2 Å². The first kappa shape index (κ1) is 12.9. The Morgan fingerprint density at radius 1 is 1.33 bits per heavy atom. The fourth-order valence-corrected chi connectivity index (χ4v) is 2.26. The second-order valence-electron chi connectivity index (χ2n) is 4.42. The van der Waals surface area contributed by atoms with Crippen molar-refractivity contribution in [2.45, 2.75) is 38.6 Å². The van der Waals surface area contributed by atoms with E-state index in [9.17, 15) is 0 Å². The second-order valence-corrected chi connectivity index (χ2v) is 4.42. The van der Waals surface area contributed by atoms with E-state index >= 15 is 0 Å². The van der Waals surface area contributed by atoms with E-state index in [2.05, 4.69) is 17.1 Å². The first-order chi connectivity index (χ1) is 7.36. The molecule has 0 amide bonds. The highest BCUT2D eigenvalue weighted by Crippen LogP contribution is 2.10. The summed E-state index contributed by atoms with van der Waals surface area (Å²) in [6.07, 6.45) is 5.24. The van der Waals surface area contributed by atoms with Crippen LogP contribution in [0.2, 0.25) is 0 Å². The van der Waals surface area contributed by atoms with Gasteiger partial charge in [0.1, 0.15) is 0 Å². The van der Waals surface area contributed by atoms with Crippen molar-refractivity contribution < 1.29 is 4.74 Å². The van der Waals surface area contributed by atoms with Gasteiger partial charge in [0.25, 0.3) is 0 Å². The molecular weight excluding hydrogens is 188 g/mol. The first-order valence-electron chi connectivity index (χ1n) is 6.31. The molecule has 1 saturated heterocycles. The van der Waals surface area contributed by atoms with E-state index in [-0.39, 0.29) is 0 Å². The van der Waals surface area contributed by atoms with Gasteiger partial charge in [-0.25, -0.2) is 0 Å². The minimum atomic E-state index is 0.710. The molecule has 3 nitrogen and oxygen atoms in total. The van der Waals surface area contributed by atoms with Crippen LogP contribution in [0.4, 0.5) is 0 Å². The predicted molar refractivity (Wildman–Crippen MR) is 64.2 cm³/mol. The number of rotatable bonds is 6. The zero-order valence-electron chi connectivity index (χ0n) is 10.3.